The van der Waals surface area contributed by atoms with Gasteiger partial charge < -0.3 is 15.3 Å². The van der Waals surface area contributed by atoms with Gasteiger partial charge >= 0.3 is 5.97 Å². The number of aromatic nitrogens is 4. The summed E-state index contributed by atoms with van der Waals surface area (Å²) in [7, 11) is 0. The van der Waals surface area contributed by atoms with Crippen molar-refractivity contribution in [2.24, 2.45) is 5.92 Å². The van der Waals surface area contributed by atoms with Gasteiger partial charge in [0.1, 0.15) is 5.82 Å². The van der Waals surface area contributed by atoms with E-state index in [9.17, 15) is 9.90 Å². The van der Waals surface area contributed by atoms with E-state index in [0.717, 1.165) is 39.5 Å². The normalized spacial score (nSPS) is 19.8. The lowest BCUT2D eigenvalue weighted by Crippen LogP contribution is -2.21. The highest BCUT2D eigenvalue weighted by molar-refractivity contribution is 9.10. The van der Waals surface area contributed by atoms with E-state index in [1.165, 1.54) is 0 Å². The molecule has 0 radical (unpaired) electrons. The van der Waals surface area contributed by atoms with E-state index in [0.29, 0.717) is 30.0 Å². The number of fused-ring (bicyclic) bond motifs is 2. The lowest BCUT2D eigenvalue weighted by Gasteiger charge is -2.26. The first-order valence-electron chi connectivity index (χ1n) is 9.42. The van der Waals surface area contributed by atoms with Gasteiger partial charge in [-0.2, -0.15) is 9.61 Å². The number of rotatable bonds is 3. The highest BCUT2D eigenvalue weighted by atomic mass is 79.9. The molecule has 5 rings (SSSR count). The van der Waals surface area contributed by atoms with Crippen LogP contribution < -0.4 is 5.73 Å². The minimum Gasteiger partial charge on any atom is -0.481 e. The molecule has 1 aliphatic rings. The first-order valence-corrected chi connectivity index (χ1v) is 10.2. The number of halogens is 1. The molecule has 3 N–H and O–H groups in total. The van der Waals surface area contributed by atoms with E-state index < -0.39 is 5.97 Å². The number of nitrogen functional groups attached to an aromatic ring is 1. The molecular weight excluding hydrogens is 438 g/mol. The van der Waals surface area contributed by atoms with Crippen molar-refractivity contribution in [2.45, 2.75) is 31.6 Å². The van der Waals surface area contributed by atoms with Gasteiger partial charge in [0, 0.05) is 28.6 Å². The fraction of sp³-hybridized carbons (Fsp3) is 0.300. The summed E-state index contributed by atoms with van der Waals surface area (Å²) in [6, 6.07) is 3.85. The molecule has 4 heterocycles. The number of hydrogen-bond acceptors (Lipinski definition) is 6. The molecule has 0 bridgehead atoms. The van der Waals surface area contributed by atoms with Crippen LogP contribution >= 0.6 is 15.9 Å². The lowest BCUT2D eigenvalue weighted by atomic mass is 9.80. The molecule has 0 unspecified atom stereocenters. The Morgan fingerprint density at radius 3 is 2.83 bits per heavy atom. The number of furan rings is 1. The molecule has 29 heavy (non-hydrogen) atoms. The highest BCUT2D eigenvalue weighted by Crippen LogP contribution is 2.40. The van der Waals surface area contributed by atoms with Crippen molar-refractivity contribution >= 4 is 44.5 Å². The minimum absolute atomic E-state index is 0.157. The summed E-state index contributed by atoms with van der Waals surface area (Å²) in [5.74, 6) is -0.353. The van der Waals surface area contributed by atoms with E-state index >= 15 is 0 Å². The second-order valence-corrected chi connectivity index (χ2v) is 8.21. The number of pyridine rings is 1. The Morgan fingerprint density at radius 2 is 2.07 bits per heavy atom. The molecule has 0 aliphatic heterocycles. The predicted octanol–water partition coefficient (Wildman–Crippen LogP) is 4.24. The van der Waals surface area contributed by atoms with Gasteiger partial charge in [0.25, 0.3) is 0 Å². The minimum atomic E-state index is -0.717. The average Bonchev–Trinajstić information content (AvgIpc) is 3.37. The maximum atomic E-state index is 11.3. The van der Waals surface area contributed by atoms with Gasteiger partial charge in [-0.25, -0.2) is 9.97 Å². The molecule has 1 saturated carbocycles. The van der Waals surface area contributed by atoms with Gasteiger partial charge in [-0.3, -0.25) is 4.79 Å². The molecule has 0 spiro atoms. The van der Waals surface area contributed by atoms with Gasteiger partial charge in [0.2, 0.25) is 5.71 Å². The molecule has 1 fully saturated rings. The second kappa shape index (κ2) is 6.84. The predicted molar refractivity (Wildman–Crippen MR) is 110 cm³/mol. The molecule has 8 nitrogen and oxygen atoms in total. The summed E-state index contributed by atoms with van der Waals surface area (Å²) in [5.41, 5.74) is 10.2. The van der Waals surface area contributed by atoms with Gasteiger partial charge in [-0.05, 0) is 53.7 Å². The van der Waals surface area contributed by atoms with Crippen LogP contribution in [0, 0.1) is 5.92 Å². The smallest absolute Gasteiger partial charge is 0.306 e. The third-order valence-electron chi connectivity index (χ3n) is 5.73. The molecule has 9 heteroatoms. The molecule has 4 aromatic heterocycles. The third-order valence-corrected chi connectivity index (χ3v) is 6.54. The van der Waals surface area contributed by atoms with Crippen LogP contribution in [0.1, 0.15) is 37.3 Å². The molecule has 1 aliphatic carbocycles. The third kappa shape index (κ3) is 2.96. The standard InChI is InChI=1S/C20H18BrN5O3/c21-15-16(10-1-3-11(4-2-10)20(27)28)25-18-14(9-24-26(18)17(15)22)13-7-12-5-6-29-19(12)23-8-13/h5-11H,1-4,22H2,(H,27,28). The molecule has 0 aromatic carbocycles. The van der Waals surface area contributed by atoms with Crippen LogP contribution in [0.2, 0.25) is 0 Å². The number of carboxylic acids is 1. The molecule has 0 atom stereocenters. The molecular formula is C20H18BrN5O3. The Hall–Kier alpha value is -2.94. The first kappa shape index (κ1) is 18.1. The zero-order valence-electron chi connectivity index (χ0n) is 15.4. The van der Waals surface area contributed by atoms with Crippen molar-refractivity contribution in [1.82, 2.24) is 19.6 Å². The van der Waals surface area contributed by atoms with Crippen LogP contribution in [0.4, 0.5) is 5.82 Å². The van der Waals surface area contributed by atoms with Gasteiger partial charge in [0.15, 0.2) is 5.65 Å². The fourth-order valence-corrected chi connectivity index (χ4v) is 4.69. The highest BCUT2D eigenvalue weighted by Gasteiger charge is 2.30. The number of carbonyl (C=O) groups is 1. The van der Waals surface area contributed by atoms with Crippen molar-refractivity contribution in [3.05, 3.63) is 41.0 Å². The van der Waals surface area contributed by atoms with Gasteiger partial charge in [0.05, 0.1) is 28.5 Å². The number of nitrogens with zero attached hydrogens (tertiary/aromatic N) is 4. The molecule has 4 aromatic rings. The summed E-state index contributed by atoms with van der Waals surface area (Å²) in [4.78, 5) is 20.5. The summed E-state index contributed by atoms with van der Waals surface area (Å²) >= 11 is 3.58. The largest absolute Gasteiger partial charge is 0.481 e. The van der Waals surface area contributed by atoms with Crippen molar-refractivity contribution in [1.29, 1.82) is 0 Å². The number of nitrogens with two attached hydrogens (primary N) is 1. The van der Waals surface area contributed by atoms with E-state index in [1.807, 2.05) is 12.1 Å². The van der Waals surface area contributed by atoms with E-state index in [1.54, 1.807) is 23.2 Å². The Bertz CT molecular complexity index is 1240. The Morgan fingerprint density at radius 1 is 1.28 bits per heavy atom. The molecule has 148 valence electrons. The monoisotopic (exact) mass is 455 g/mol. The van der Waals surface area contributed by atoms with Crippen molar-refractivity contribution in [2.75, 3.05) is 5.73 Å². The first-order chi connectivity index (χ1) is 14.0. The maximum absolute atomic E-state index is 11.3. The maximum Gasteiger partial charge on any atom is 0.306 e. The van der Waals surface area contributed by atoms with Crippen molar-refractivity contribution in [3.8, 4) is 11.1 Å². The SMILES string of the molecule is Nc1c(Br)c(C2CCC(C(=O)O)CC2)nc2c(-c3cnc4occc4c3)cnn12. The number of carboxylic acid groups (broad SMARTS) is 1. The van der Waals surface area contributed by atoms with E-state index in [2.05, 4.69) is 26.0 Å². The zero-order chi connectivity index (χ0) is 20.1. The van der Waals surface area contributed by atoms with Crippen LogP contribution in [-0.4, -0.2) is 30.7 Å². The molecule has 0 amide bonds. The topological polar surface area (TPSA) is 120 Å². The fourth-order valence-electron chi connectivity index (χ4n) is 4.11. The van der Waals surface area contributed by atoms with E-state index in [4.69, 9.17) is 15.1 Å². The van der Waals surface area contributed by atoms with Crippen LogP contribution in [0.15, 0.2) is 39.7 Å². The van der Waals surface area contributed by atoms with E-state index in [-0.39, 0.29) is 11.8 Å². The molecule has 0 saturated heterocycles. The number of hydrogen-bond donors (Lipinski definition) is 2. The van der Waals surface area contributed by atoms with Gasteiger partial charge in [-0.15, -0.1) is 0 Å². The van der Waals surface area contributed by atoms with Crippen LogP contribution in [0.25, 0.3) is 27.9 Å². The van der Waals surface area contributed by atoms with Gasteiger partial charge in [-0.1, -0.05) is 0 Å². The number of anilines is 1. The Labute approximate surface area is 173 Å². The Balaban J connectivity index is 1.59. The summed E-state index contributed by atoms with van der Waals surface area (Å²) in [6.45, 7) is 0. The average molecular weight is 456 g/mol. The van der Waals surface area contributed by atoms with Crippen LogP contribution in [0.3, 0.4) is 0 Å². The summed E-state index contributed by atoms with van der Waals surface area (Å²) in [5, 5.41) is 14.6. The lowest BCUT2D eigenvalue weighted by molar-refractivity contribution is -0.142. The van der Waals surface area contributed by atoms with Crippen LogP contribution in [0.5, 0.6) is 0 Å². The summed E-state index contributed by atoms with van der Waals surface area (Å²) < 4.78 is 7.66. The Kier molecular flexibility index (Phi) is 4.27. The number of aliphatic carboxylic acids is 1. The quantitative estimate of drug-likeness (QED) is 0.473. The van der Waals surface area contributed by atoms with Crippen molar-refractivity contribution in [3.63, 3.8) is 0 Å². The van der Waals surface area contributed by atoms with Crippen molar-refractivity contribution < 1.29 is 14.3 Å². The van der Waals surface area contributed by atoms with Crippen LogP contribution in [-0.2, 0) is 4.79 Å². The second-order valence-electron chi connectivity index (χ2n) is 7.42. The zero-order valence-corrected chi connectivity index (χ0v) is 17.0. The summed E-state index contributed by atoms with van der Waals surface area (Å²) in [6.07, 6.45) is 7.91.